The van der Waals surface area contributed by atoms with Crippen molar-refractivity contribution in [1.82, 2.24) is 0 Å². The van der Waals surface area contributed by atoms with Crippen LogP contribution < -0.4 is 0 Å². The first kappa shape index (κ1) is 12.4. The normalized spacial score (nSPS) is 14.9. The molecule has 1 aromatic heterocycles. The topological polar surface area (TPSA) is 77.8 Å². The number of aromatic carboxylic acids is 1. The Morgan fingerprint density at radius 3 is 2.73 bits per heavy atom. The summed E-state index contributed by atoms with van der Waals surface area (Å²) in [5.74, 6) is -0.894. The second kappa shape index (κ2) is 5.46. The van der Waals surface area contributed by atoms with E-state index in [4.69, 9.17) is 16.7 Å². The first-order chi connectivity index (χ1) is 7.07. The van der Waals surface area contributed by atoms with Crippen LogP contribution in [0.5, 0.6) is 0 Å². The molecule has 0 radical (unpaired) electrons. The number of rotatable bonds is 5. The average Bonchev–Trinajstić information content (AvgIpc) is 2.65. The van der Waals surface area contributed by atoms with Gasteiger partial charge in [0.2, 0.25) is 0 Å². The highest BCUT2D eigenvalue weighted by molar-refractivity contribution is 7.10. The van der Waals surface area contributed by atoms with Crippen LogP contribution in [-0.4, -0.2) is 33.3 Å². The molecule has 1 heterocycles. The quantitative estimate of drug-likeness (QED) is 0.692. The minimum absolute atomic E-state index is 0.0288. The second-order valence-electron chi connectivity index (χ2n) is 2.99. The molecule has 1 rings (SSSR count). The van der Waals surface area contributed by atoms with Crippen molar-refractivity contribution in [2.24, 2.45) is 0 Å². The maximum absolute atomic E-state index is 10.8. The Balaban J connectivity index is 2.85. The van der Waals surface area contributed by atoms with Crippen molar-refractivity contribution in [3.63, 3.8) is 0 Å². The number of aliphatic hydroxyl groups is 2. The van der Waals surface area contributed by atoms with Crippen molar-refractivity contribution >= 4 is 28.9 Å². The van der Waals surface area contributed by atoms with E-state index in [1.807, 2.05) is 0 Å². The number of alkyl halides is 1. The number of carboxylic acid groups (broad SMARTS) is 1. The minimum atomic E-state index is -1.19. The van der Waals surface area contributed by atoms with Crippen molar-refractivity contribution in [3.05, 3.63) is 21.9 Å². The molecule has 3 N–H and O–H groups in total. The van der Waals surface area contributed by atoms with E-state index < -0.39 is 18.2 Å². The fourth-order valence-electron chi connectivity index (χ4n) is 1.17. The van der Waals surface area contributed by atoms with Gasteiger partial charge in [0.1, 0.15) is 6.10 Å². The van der Waals surface area contributed by atoms with Gasteiger partial charge in [0, 0.05) is 5.88 Å². The predicted octanol–water partition coefficient (Wildman–Crippen LogP) is 1.47. The fraction of sp³-hybridized carbons (Fsp3) is 0.444. The monoisotopic (exact) mass is 250 g/mol. The molecule has 0 fully saturated rings. The summed E-state index contributed by atoms with van der Waals surface area (Å²) in [5, 5.41) is 29.5. The van der Waals surface area contributed by atoms with E-state index in [1.165, 1.54) is 6.07 Å². The molecule has 2 atom stereocenters. The van der Waals surface area contributed by atoms with E-state index in [-0.39, 0.29) is 22.7 Å². The van der Waals surface area contributed by atoms with Gasteiger partial charge in [0.05, 0.1) is 16.5 Å². The number of carbonyl (C=O) groups is 1. The zero-order valence-electron chi connectivity index (χ0n) is 7.76. The van der Waals surface area contributed by atoms with Crippen molar-refractivity contribution in [1.29, 1.82) is 0 Å². The second-order valence-corrected chi connectivity index (χ2v) is 4.32. The van der Waals surface area contributed by atoms with Crippen molar-refractivity contribution in [2.45, 2.75) is 18.6 Å². The van der Waals surface area contributed by atoms with Crippen LogP contribution in [0.1, 0.15) is 27.8 Å². The lowest BCUT2D eigenvalue weighted by molar-refractivity contribution is 0.0182. The molecule has 6 heteroatoms. The van der Waals surface area contributed by atoms with E-state index in [0.29, 0.717) is 0 Å². The number of halogens is 1. The molecule has 0 bridgehead atoms. The summed E-state index contributed by atoms with van der Waals surface area (Å²) in [4.78, 5) is 11.0. The summed E-state index contributed by atoms with van der Waals surface area (Å²) in [6.45, 7) is 0. The smallest absolute Gasteiger partial charge is 0.336 e. The summed E-state index contributed by atoms with van der Waals surface area (Å²) < 4.78 is 0. The molecule has 0 amide bonds. The highest BCUT2D eigenvalue weighted by atomic mass is 35.5. The van der Waals surface area contributed by atoms with Crippen LogP contribution >= 0.6 is 22.9 Å². The highest BCUT2D eigenvalue weighted by Crippen LogP contribution is 2.28. The maximum atomic E-state index is 10.8. The van der Waals surface area contributed by atoms with Gasteiger partial charge < -0.3 is 15.3 Å². The number of thiophene rings is 1. The molecule has 0 aliphatic carbocycles. The van der Waals surface area contributed by atoms with E-state index in [9.17, 15) is 15.0 Å². The van der Waals surface area contributed by atoms with E-state index >= 15 is 0 Å². The van der Waals surface area contributed by atoms with Crippen LogP contribution in [0.3, 0.4) is 0 Å². The zero-order valence-corrected chi connectivity index (χ0v) is 9.33. The zero-order chi connectivity index (χ0) is 11.4. The van der Waals surface area contributed by atoms with E-state index in [1.54, 1.807) is 5.38 Å². The fourth-order valence-corrected chi connectivity index (χ4v) is 2.32. The highest BCUT2D eigenvalue weighted by Gasteiger charge is 2.24. The van der Waals surface area contributed by atoms with Crippen LogP contribution in [0.4, 0.5) is 0 Å². The third-order valence-electron chi connectivity index (χ3n) is 1.96. The molecule has 0 aromatic carbocycles. The van der Waals surface area contributed by atoms with E-state index in [2.05, 4.69) is 0 Å². The van der Waals surface area contributed by atoms with Gasteiger partial charge in [-0.2, -0.15) is 0 Å². The van der Waals surface area contributed by atoms with Gasteiger partial charge in [-0.3, -0.25) is 0 Å². The predicted molar refractivity (Wildman–Crippen MR) is 57.6 cm³/mol. The molecule has 0 aliphatic rings. The Bertz CT molecular complexity index is 339. The Kier molecular flexibility index (Phi) is 4.53. The van der Waals surface area contributed by atoms with Crippen LogP contribution in [0.15, 0.2) is 11.4 Å². The lowest BCUT2D eigenvalue weighted by atomic mass is 10.1. The molecule has 0 aliphatic heterocycles. The Labute approximate surface area is 95.7 Å². The lowest BCUT2D eigenvalue weighted by Crippen LogP contribution is -2.19. The van der Waals surface area contributed by atoms with Crippen LogP contribution in [0, 0.1) is 0 Å². The standard InChI is InChI=1S/C9H11ClO4S/c10-3-1-6(11)7(12)8-5(9(13)14)2-4-15-8/h2,4,6-7,11-12H,1,3H2,(H,13,14). The van der Waals surface area contributed by atoms with Crippen LogP contribution in [0.2, 0.25) is 0 Å². The largest absolute Gasteiger partial charge is 0.478 e. The Morgan fingerprint density at radius 1 is 1.53 bits per heavy atom. The molecule has 4 nitrogen and oxygen atoms in total. The summed E-state index contributed by atoms with van der Waals surface area (Å²) in [6.07, 6.45) is -1.99. The van der Waals surface area contributed by atoms with Gasteiger partial charge >= 0.3 is 5.97 Å². The van der Waals surface area contributed by atoms with Gasteiger partial charge in [0.15, 0.2) is 0 Å². The molecule has 84 valence electrons. The Hall–Kier alpha value is -0.620. The summed E-state index contributed by atoms with van der Waals surface area (Å²) in [6, 6.07) is 1.40. The lowest BCUT2D eigenvalue weighted by Gasteiger charge is -2.16. The van der Waals surface area contributed by atoms with Crippen molar-refractivity contribution in [3.8, 4) is 0 Å². The molecule has 0 saturated heterocycles. The molecule has 1 aromatic rings. The summed E-state index contributed by atoms with van der Waals surface area (Å²) >= 11 is 6.53. The molecular formula is C9H11ClO4S. The first-order valence-electron chi connectivity index (χ1n) is 4.30. The molecule has 2 unspecified atom stereocenters. The number of hydrogen-bond donors (Lipinski definition) is 3. The Morgan fingerprint density at radius 2 is 2.20 bits per heavy atom. The number of aliphatic hydroxyl groups excluding tert-OH is 2. The number of carboxylic acids is 1. The van der Waals surface area contributed by atoms with Crippen molar-refractivity contribution in [2.75, 3.05) is 5.88 Å². The first-order valence-corrected chi connectivity index (χ1v) is 5.72. The third-order valence-corrected chi connectivity index (χ3v) is 3.17. The molecule has 0 spiro atoms. The molecule has 0 saturated carbocycles. The number of hydrogen-bond acceptors (Lipinski definition) is 4. The SMILES string of the molecule is O=C(O)c1ccsc1C(O)C(O)CCCl. The van der Waals surface area contributed by atoms with Crippen LogP contribution in [0.25, 0.3) is 0 Å². The minimum Gasteiger partial charge on any atom is -0.478 e. The molecule has 15 heavy (non-hydrogen) atoms. The summed E-state index contributed by atoms with van der Waals surface area (Å²) in [5.41, 5.74) is 0.0288. The van der Waals surface area contributed by atoms with Gasteiger partial charge in [-0.05, 0) is 17.9 Å². The molecular weight excluding hydrogens is 240 g/mol. The maximum Gasteiger partial charge on any atom is 0.336 e. The summed E-state index contributed by atoms with van der Waals surface area (Å²) in [7, 11) is 0. The van der Waals surface area contributed by atoms with Gasteiger partial charge in [-0.15, -0.1) is 22.9 Å². The van der Waals surface area contributed by atoms with Crippen LogP contribution in [-0.2, 0) is 0 Å². The van der Waals surface area contributed by atoms with Gasteiger partial charge in [0.25, 0.3) is 0 Å². The van der Waals surface area contributed by atoms with Crippen molar-refractivity contribution < 1.29 is 20.1 Å². The van der Waals surface area contributed by atoms with Gasteiger partial charge in [-0.25, -0.2) is 4.79 Å². The third kappa shape index (κ3) is 2.92. The van der Waals surface area contributed by atoms with Gasteiger partial charge in [-0.1, -0.05) is 0 Å². The average molecular weight is 251 g/mol. The van der Waals surface area contributed by atoms with E-state index in [0.717, 1.165) is 11.3 Å².